The van der Waals surface area contributed by atoms with Crippen LogP contribution in [0.2, 0.25) is 0 Å². The lowest BCUT2D eigenvalue weighted by molar-refractivity contribution is -0.203. The van der Waals surface area contributed by atoms with Gasteiger partial charge >= 0.3 is 12.1 Å². The molecular formula is C20H15F4N3O3. The van der Waals surface area contributed by atoms with Crippen LogP contribution in [0.3, 0.4) is 0 Å². The molecule has 2 N–H and O–H groups in total. The van der Waals surface area contributed by atoms with Gasteiger partial charge in [0, 0.05) is 17.7 Å². The molecule has 6 nitrogen and oxygen atoms in total. The maximum absolute atomic E-state index is 14.5. The number of aromatic amines is 1. The molecule has 1 unspecified atom stereocenters. The van der Waals surface area contributed by atoms with Crippen LogP contribution in [0.15, 0.2) is 18.5 Å². The lowest BCUT2D eigenvalue weighted by Crippen LogP contribution is -2.28. The van der Waals surface area contributed by atoms with Gasteiger partial charge in [0.25, 0.3) is 5.91 Å². The van der Waals surface area contributed by atoms with E-state index in [1.807, 2.05) is 0 Å². The largest absolute Gasteiger partial charge is 0.490 e. The number of ether oxygens (including phenoxy) is 1. The summed E-state index contributed by atoms with van der Waals surface area (Å²) >= 11 is 0. The van der Waals surface area contributed by atoms with Crippen LogP contribution in [0.5, 0.6) is 0 Å². The summed E-state index contributed by atoms with van der Waals surface area (Å²) in [6, 6.07) is 2.51. The number of aryl methyl sites for hydroxylation is 1. The minimum atomic E-state index is -5.11. The average molecular weight is 421 g/mol. The molecule has 0 bridgehead atoms. The van der Waals surface area contributed by atoms with Crippen molar-refractivity contribution in [1.29, 1.82) is 0 Å². The monoisotopic (exact) mass is 421 g/mol. The lowest BCUT2D eigenvalue weighted by Gasteiger charge is -2.11. The van der Waals surface area contributed by atoms with Crippen LogP contribution in [-0.2, 0) is 14.3 Å². The van der Waals surface area contributed by atoms with Gasteiger partial charge in [-0.25, -0.2) is 14.2 Å². The summed E-state index contributed by atoms with van der Waals surface area (Å²) in [7, 11) is 0. The minimum absolute atomic E-state index is 0.0976. The molecule has 0 fully saturated rings. The summed E-state index contributed by atoms with van der Waals surface area (Å²) in [5, 5.41) is 2.61. The van der Waals surface area contributed by atoms with Gasteiger partial charge in [-0.05, 0) is 32.1 Å². The van der Waals surface area contributed by atoms with E-state index >= 15 is 0 Å². The number of nitrogens with zero attached hydrogens (tertiary/aromatic N) is 1. The first kappa shape index (κ1) is 21.1. The molecule has 2 heterocycles. The van der Waals surface area contributed by atoms with Gasteiger partial charge in [0.1, 0.15) is 11.9 Å². The normalized spacial score (nSPS) is 15.3. The quantitative estimate of drug-likeness (QED) is 0.343. The fourth-order valence-electron chi connectivity index (χ4n) is 2.75. The Kier molecular flexibility index (Phi) is 5.64. The molecule has 0 spiro atoms. The van der Waals surface area contributed by atoms with Crippen LogP contribution in [0.25, 0.3) is 11.6 Å². The van der Waals surface area contributed by atoms with E-state index < -0.39 is 30.0 Å². The molecule has 1 aliphatic rings. The predicted molar refractivity (Wildman–Crippen MR) is 99.3 cm³/mol. The lowest BCUT2D eigenvalue weighted by atomic mass is 9.98. The van der Waals surface area contributed by atoms with Crippen LogP contribution >= 0.6 is 0 Å². The van der Waals surface area contributed by atoms with Gasteiger partial charge in [-0.3, -0.25) is 4.79 Å². The van der Waals surface area contributed by atoms with E-state index in [-0.39, 0.29) is 23.1 Å². The molecule has 1 atom stereocenters. The number of rotatable bonds is 3. The molecule has 156 valence electrons. The first-order valence-electron chi connectivity index (χ1n) is 8.70. The van der Waals surface area contributed by atoms with E-state index in [9.17, 15) is 27.2 Å². The number of nitrogens with one attached hydrogen (secondary N) is 2. The second-order valence-corrected chi connectivity index (χ2v) is 6.49. The fourth-order valence-corrected chi connectivity index (χ4v) is 2.75. The van der Waals surface area contributed by atoms with Gasteiger partial charge in [0.15, 0.2) is 0 Å². The van der Waals surface area contributed by atoms with Crippen molar-refractivity contribution in [2.24, 2.45) is 0 Å². The standard InChI is InChI=1S/C20H15F4N3O3/c1-10(30-19(29)20(22,23)24)4-3-5-12-14(21)6-7-15-17(12)13(18(28)27-15)8-16-11(2)25-9-26-16/h6-10H,4H2,1-2H3,(H,25,26)(H,27,28)/b13-8-. The molecule has 0 saturated carbocycles. The number of aromatic nitrogens is 2. The van der Waals surface area contributed by atoms with Gasteiger partial charge in [-0.2, -0.15) is 13.2 Å². The summed E-state index contributed by atoms with van der Waals surface area (Å²) in [6.45, 7) is 2.99. The van der Waals surface area contributed by atoms with E-state index in [4.69, 9.17) is 0 Å². The Bertz CT molecular complexity index is 1110. The number of halogens is 4. The third-order valence-electron chi connectivity index (χ3n) is 4.21. The number of hydrogen-bond acceptors (Lipinski definition) is 4. The van der Waals surface area contributed by atoms with Gasteiger partial charge in [-0.1, -0.05) is 11.8 Å². The molecule has 30 heavy (non-hydrogen) atoms. The Morgan fingerprint density at radius 1 is 1.37 bits per heavy atom. The average Bonchev–Trinajstić information content (AvgIpc) is 3.20. The maximum atomic E-state index is 14.5. The van der Waals surface area contributed by atoms with Crippen LogP contribution in [-0.4, -0.2) is 34.1 Å². The van der Waals surface area contributed by atoms with Crippen molar-refractivity contribution >= 4 is 29.2 Å². The number of carbonyl (C=O) groups is 2. The van der Waals surface area contributed by atoms with Gasteiger partial charge in [0.2, 0.25) is 0 Å². The van der Waals surface area contributed by atoms with Crippen LogP contribution < -0.4 is 5.32 Å². The number of H-pyrrole nitrogens is 1. The number of amides is 1. The molecule has 0 radical (unpaired) electrons. The highest BCUT2D eigenvalue weighted by Gasteiger charge is 2.41. The first-order chi connectivity index (χ1) is 14.1. The highest BCUT2D eigenvalue weighted by molar-refractivity contribution is 6.35. The molecule has 0 saturated heterocycles. The number of hydrogen-bond donors (Lipinski definition) is 2. The van der Waals surface area contributed by atoms with Crippen LogP contribution in [0, 0.1) is 24.6 Å². The fraction of sp³-hybridized carbons (Fsp3) is 0.250. The molecule has 3 rings (SSSR count). The number of benzene rings is 1. The number of alkyl halides is 3. The summed E-state index contributed by atoms with van der Waals surface area (Å²) in [4.78, 5) is 30.2. The zero-order chi connectivity index (χ0) is 22.1. The summed E-state index contributed by atoms with van der Waals surface area (Å²) in [5.41, 5.74) is 1.83. The van der Waals surface area contributed by atoms with Gasteiger partial charge in [-0.15, -0.1) is 0 Å². The number of carbonyl (C=O) groups excluding carboxylic acids is 2. The van der Waals surface area contributed by atoms with E-state index in [0.717, 1.165) is 6.07 Å². The predicted octanol–water partition coefficient (Wildman–Crippen LogP) is 3.59. The smallest absolute Gasteiger partial charge is 0.455 e. The van der Waals surface area contributed by atoms with Crippen LogP contribution in [0.4, 0.5) is 23.2 Å². The molecule has 1 aromatic heterocycles. The molecule has 2 aromatic rings. The van der Waals surface area contributed by atoms with E-state index in [1.165, 1.54) is 25.4 Å². The Labute approximate surface area is 168 Å². The van der Waals surface area contributed by atoms with Crippen molar-refractivity contribution in [1.82, 2.24) is 9.97 Å². The SMILES string of the molecule is Cc1[nH]cnc1/C=C1\C(=O)Nc2ccc(F)c(C#CCC(C)OC(=O)C(F)(F)F)c21. The number of imidazole rings is 1. The van der Waals surface area contributed by atoms with Crippen molar-refractivity contribution in [3.8, 4) is 11.8 Å². The molecule has 0 aliphatic carbocycles. The topological polar surface area (TPSA) is 84.1 Å². The Hall–Kier alpha value is -3.61. The summed E-state index contributed by atoms with van der Waals surface area (Å²) in [6.07, 6.45) is -3.59. The molecular weight excluding hydrogens is 406 g/mol. The molecule has 10 heteroatoms. The molecule has 1 aromatic carbocycles. The minimum Gasteiger partial charge on any atom is -0.455 e. The van der Waals surface area contributed by atoms with E-state index in [0.29, 0.717) is 17.1 Å². The van der Waals surface area contributed by atoms with Crippen molar-refractivity contribution in [2.45, 2.75) is 32.5 Å². The zero-order valence-corrected chi connectivity index (χ0v) is 15.8. The highest BCUT2D eigenvalue weighted by atomic mass is 19.4. The number of anilines is 1. The summed E-state index contributed by atoms with van der Waals surface area (Å²) in [5.74, 6) is 1.56. The Balaban J connectivity index is 1.90. The van der Waals surface area contributed by atoms with Crippen molar-refractivity contribution in [2.75, 3.05) is 5.32 Å². The summed E-state index contributed by atoms with van der Waals surface area (Å²) < 4.78 is 55.5. The maximum Gasteiger partial charge on any atom is 0.490 e. The number of fused-ring (bicyclic) bond motifs is 1. The molecule has 1 amide bonds. The number of esters is 1. The highest BCUT2D eigenvalue weighted by Crippen LogP contribution is 2.36. The Morgan fingerprint density at radius 3 is 2.73 bits per heavy atom. The van der Waals surface area contributed by atoms with Crippen molar-refractivity contribution in [3.63, 3.8) is 0 Å². The van der Waals surface area contributed by atoms with E-state index in [1.54, 1.807) is 6.92 Å². The molecule has 1 aliphatic heterocycles. The third kappa shape index (κ3) is 4.35. The van der Waals surface area contributed by atoms with Gasteiger partial charge in [0.05, 0.1) is 28.8 Å². The van der Waals surface area contributed by atoms with Crippen molar-refractivity contribution < 1.29 is 31.9 Å². The zero-order valence-electron chi connectivity index (χ0n) is 15.8. The second kappa shape index (κ2) is 8.02. The van der Waals surface area contributed by atoms with Crippen molar-refractivity contribution in [3.05, 3.63) is 46.8 Å². The second-order valence-electron chi connectivity index (χ2n) is 6.49. The van der Waals surface area contributed by atoms with Crippen LogP contribution in [0.1, 0.15) is 35.9 Å². The third-order valence-corrected chi connectivity index (χ3v) is 4.21. The van der Waals surface area contributed by atoms with E-state index in [2.05, 4.69) is 31.9 Å². The first-order valence-corrected chi connectivity index (χ1v) is 8.70. The van der Waals surface area contributed by atoms with Gasteiger partial charge < -0.3 is 15.0 Å². The Morgan fingerprint density at radius 2 is 2.10 bits per heavy atom.